The van der Waals surface area contributed by atoms with E-state index in [0.29, 0.717) is 11.8 Å². The second-order valence-corrected chi connectivity index (χ2v) is 3.90. The number of carbonyl (C=O) groups is 1. The Balaban J connectivity index is 2.47. The van der Waals surface area contributed by atoms with Crippen molar-refractivity contribution in [2.75, 3.05) is 0 Å². The molecule has 0 aromatic heterocycles. The molecule has 0 heterocycles. The lowest BCUT2D eigenvalue weighted by molar-refractivity contribution is -0.105. The molecule has 1 aliphatic carbocycles. The van der Waals surface area contributed by atoms with Crippen LogP contribution in [0.2, 0.25) is 0 Å². The smallest absolute Gasteiger partial charge is 0.241 e. The summed E-state index contributed by atoms with van der Waals surface area (Å²) in [5, 5.41) is 19.4. The zero-order valence-corrected chi connectivity index (χ0v) is 8.88. The third kappa shape index (κ3) is 2.12. The molecule has 88 valence electrons. The molecule has 0 aliphatic heterocycles. The predicted molar refractivity (Wildman–Crippen MR) is 60.1 cm³/mol. The molecule has 0 saturated carbocycles. The number of halogens is 1. The van der Waals surface area contributed by atoms with Crippen LogP contribution in [0.25, 0.3) is 0 Å². The van der Waals surface area contributed by atoms with Crippen molar-refractivity contribution in [1.82, 2.24) is 0 Å². The molecule has 2 atom stereocenters. The average molecular weight is 234 g/mol. The van der Waals surface area contributed by atoms with Crippen molar-refractivity contribution < 1.29 is 19.4 Å². The summed E-state index contributed by atoms with van der Waals surface area (Å²) in [6, 6.07) is 8.30. The summed E-state index contributed by atoms with van der Waals surface area (Å²) in [5.41, 5.74) is 0.354. The fourth-order valence-electron chi connectivity index (χ4n) is 1.94. The van der Waals surface area contributed by atoms with E-state index in [4.69, 9.17) is 0 Å². The molecule has 17 heavy (non-hydrogen) atoms. The van der Waals surface area contributed by atoms with Gasteiger partial charge in [0.05, 0.1) is 0 Å². The van der Waals surface area contributed by atoms with Crippen LogP contribution in [-0.2, 0) is 4.79 Å². The lowest BCUT2D eigenvalue weighted by Gasteiger charge is -2.29. The van der Waals surface area contributed by atoms with Crippen molar-refractivity contribution in [1.29, 1.82) is 0 Å². The van der Waals surface area contributed by atoms with E-state index in [1.165, 1.54) is 0 Å². The summed E-state index contributed by atoms with van der Waals surface area (Å²) in [4.78, 5) is 10.5. The van der Waals surface area contributed by atoms with Gasteiger partial charge in [-0.25, -0.2) is 4.39 Å². The summed E-state index contributed by atoms with van der Waals surface area (Å²) in [7, 11) is 0. The van der Waals surface area contributed by atoms with E-state index in [1.807, 2.05) is 0 Å². The minimum atomic E-state index is -2.77. The minimum Gasteiger partial charge on any atom is -0.511 e. The SMILES string of the molecule is O=CC1=CC(O)(F)C(c2ccccc2)C(O)=C1. The quantitative estimate of drug-likeness (QED) is 0.769. The summed E-state index contributed by atoms with van der Waals surface area (Å²) in [6.07, 6.45) is 2.33. The number of aldehydes is 1. The second kappa shape index (κ2) is 4.14. The topological polar surface area (TPSA) is 57.5 Å². The zero-order valence-electron chi connectivity index (χ0n) is 8.88. The van der Waals surface area contributed by atoms with Crippen LogP contribution in [0.15, 0.2) is 53.8 Å². The maximum Gasteiger partial charge on any atom is 0.241 e. The van der Waals surface area contributed by atoms with Crippen LogP contribution in [0, 0.1) is 0 Å². The Bertz CT molecular complexity index is 489. The van der Waals surface area contributed by atoms with Gasteiger partial charge < -0.3 is 10.2 Å². The van der Waals surface area contributed by atoms with Gasteiger partial charge in [0.25, 0.3) is 0 Å². The van der Waals surface area contributed by atoms with Crippen LogP contribution >= 0.6 is 0 Å². The highest BCUT2D eigenvalue weighted by Crippen LogP contribution is 2.39. The molecule has 1 aliphatic rings. The van der Waals surface area contributed by atoms with Crippen LogP contribution in [-0.4, -0.2) is 22.4 Å². The molecular weight excluding hydrogens is 223 g/mol. The van der Waals surface area contributed by atoms with E-state index in [0.717, 1.165) is 12.2 Å². The van der Waals surface area contributed by atoms with Crippen LogP contribution in [0.1, 0.15) is 11.5 Å². The summed E-state index contributed by atoms with van der Waals surface area (Å²) < 4.78 is 14.0. The fraction of sp³-hybridized carbons (Fsp3) is 0.154. The highest BCUT2D eigenvalue weighted by molar-refractivity contribution is 5.79. The number of aliphatic hydroxyl groups excluding tert-OH is 1. The van der Waals surface area contributed by atoms with Gasteiger partial charge in [0, 0.05) is 5.57 Å². The lowest BCUT2D eigenvalue weighted by Crippen LogP contribution is -2.33. The van der Waals surface area contributed by atoms with Crippen molar-refractivity contribution >= 4 is 6.29 Å². The van der Waals surface area contributed by atoms with Gasteiger partial charge in [-0.05, 0) is 17.7 Å². The van der Waals surface area contributed by atoms with E-state index in [9.17, 15) is 19.4 Å². The largest absolute Gasteiger partial charge is 0.511 e. The third-order valence-electron chi connectivity index (χ3n) is 2.65. The first-order valence-corrected chi connectivity index (χ1v) is 5.09. The number of hydrogen-bond donors (Lipinski definition) is 2. The van der Waals surface area contributed by atoms with Crippen LogP contribution in [0.3, 0.4) is 0 Å². The highest BCUT2D eigenvalue weighted by atomic mass is 19.2. The van der Waals surface area contributed by atoms with Crippen LogP contribution < -0.4 is 0 Å². The van der Waals surface area contributed by atoms with Gasteiger partial charge in [0.1, 0.15) is 18.0 Å². The highest BCUT2D eigenvalue weighted by Gasteiger charge is 2.41. The van der Waals surface area contributed by atoms with Crippen LogP contribution in [0.4, 0.5) is 4.39 Å². The Morgan fingerprint density at radius 1 is 1.29 bits per heavy atom. The Morgan fingerprint density at radius 3 is 2.47 bits per heavy atom. The molecular formula is C13H11FO3. The van der Waals surface area contributed by atoms with Crippen molar-refractivity contribution in [3.63, 3.8) is 0 Å². The molecule has 0 saturated heterocycles. The average Bonchev–Trinajstić information content (AvgIpc) is 2.28. The second-order valence-electron chi connectivity index (χ2n) is 3.90. The molecule has 1 aromatic rings. The van der Waals surface area contributed by atoms with Crippen molar-refractivity contribution in [2.45, 2.75) is 11.8 Å². The van der Waals surface area contributed by atoms with Gasteiger partial charge in [-0.15, -0.1) is 0 Å². The maximum absolute atomic E-state index is 14.0. The Kier molecular flexibility index (Phi) is 2.81. The minimum absolute atomic E-state index is 0.0836. The molecule has 2 rings (SSSR count). The molecule has 2 N–H and O–H groups in total. The van der Waals surface area contributed by atoms with E-state index in [1.54, 1.807) is 30.3 Å². The summed E-state index contributed by atoms with van der Waals surface area (Å²) in [5.74, 6) is -4.34. The number of alkyl halides is 1. The monoisotopic (exact) mass is 234 g/mol. The van der Waals surface area contributed by atoms with Crippen molar-refractivity contribution in [3.8, 4) is 0 Å². The molecule has 4 heteroatoms. The number of aliphatic hydroxyl groups is 2. The van der Waals surface area contributed by atoms with E-state index in [-0.39, 0.29) is 11.3 Å². The summed E-state index contributed by atoms with van der Waals surface area (Å²) >= 11 is 0. The van der Waals surface area contributed by atoms with Crippen molar-refractivity contribution in [3.05, 3.63) is 59.4 Å². The molecule has 0 fully saturated rings. The lowest BCUT2D eigenvalue weighted by atomic mass is 9.84. The first-order valence-electron chi connectivity index (χ1n) is 5.09. The standard InChI is InChI=1S/C13H11FO3/c14-13(17)7-9(8-15)6-11(16)12(13)10-4-2-1-3-5-10/h1-8,12,16-17H. The van der Waals surface area contributed by atoms with Gasteiger partial charge in [-0.3, -0.25) is 4.79 Å². The number of hydrogen-bond acceptors (Lipinski definition) is 3. The molecule has 3 nitrogen and oxygen atoms in total. The van der Waals surface area contributed by atoms with Gasteiger partial charge in [-0.2, -0.15) is 0 Å². The summed E-state index contributed by atoms with van der Waals surface area (Å²) in [6.45, 7) is 0. The Morgan fingerprint density at radius 2 is 1.94 bits per heavy atom. The number of carbonyl (C=O) groups excluding carboxylic acids is 1. The van der Waals surface area contributed by atoms with Gasteiger partial charge >= 0.3 is 0 Å². The van der Waals surface area contributed by atoms with Gasteiger partial charge in [0.2, 0.25) is 5.85 Å². The first-order chi connectivity index (χ1) is 8.04. The Labute approximate surface area is 97.5 Å². The van der Waals surface area contributed by atoms with E-state index in [2.05, 4.69) is 0 Å². The van der Waals surface area contributed by atoms with Gasteiger partial charge in [-0.1, -0.05) is 30.3 Å². The first kappa shape index (κ1) is 11.5. The molecule has 0 radical (unpaired) electrons. The fourth-order valence-corrected chi connectivity index (χ4v) is 1.94. The normalized spacial score (nSPS) is 28.2. The zero-order chi connectivity index (χ0) is 12.5. The van der Waals surface area contributed by atoms with E-state index < -0.39 is 11.8 Å². The molecule has 0 amide bonds. The maximum atomic E-state index is 14.0. The number of benzene rings is 1. The predicted octanol–water partition coefficient (Wildman–Crippen LogP) is 2.01. The molecule has 2 unspecified atom stereocenters. The molecule has 0 spiro atoms. The van der Waals surface area contributed by atoms with E-state index >= 15 is 0 Å². The van der Waals surface area contributed by atoms with Gasteiger partial charge in [0.15, 0.2) is 0 Å². The number of rotatable bonds is 2. The number of allylic oxidation sites excluding steroid dienone is 2. The van der Waals surface area contributed by atoms with Crippen LogP contribution in [0.5, 0.6) is 0 Å². The molecule has 0 bridgehead atoms. The van der Waals surface area contributed by atoms with Crippen molar-refractivity contribution in [2.24, 2.45) is 0 Å². The molecule has 1 aromatic carbocycles. The third-order valence-corrected chi connectivity index (χ3v) is 2.65. The Hall–Kier alpha value is -1.94.